The van der Waals surface area contributed by atoms with Gasteiger partial charge in [-0.3, -0.25) is 9.59 Å². The Labute approximate surface area is 190 Å². The van der Waals surface area contributed by atoms with Crippen LogP contribution < -0.4 is 4.74 Å². The van der Waals surface area contributed by atoms with Crippen molar-refractivity contribution in [1.29, 1.82) is 0 Å². The number of aliphatic carboxylic acids is 1. The van der Waals surface area contributed by atoms with Gasteiger partial charge in [-0.2, -0.15) is 0 Å². The van der Waals surface area contributed by atoms with E-state index in [9.17, 15) is 18.8 Å². The second-order valence-corrected chi connectivity index (χ2v) is 8.42. The number of hydrogen-bond donors (Lipinski definition) is 1. The number of nitrogens with zero attached hydrogens (tertiary/aromatic N) is 2. The molecular weight excluding hydrogens is 427 g/mol. The van der Waals surface area contributed by atoms with Gasteiger partial charge in [-0.1, -0.05) is 12.1 Å². The van der Waals surface area contributed by atoms with Crippen molar-refractivity contribution < 1.29 is 28.6 Å². The van der Waals surface area contributed by atoms with E-state index < -0.39 is 11.8 Å². The lowest BCUT2D eigenvalue weighted by molar-refractivity contribution is -0.131. The monoisotopic (exact) mass is 452 g/mol. The molecule has 1 amide bonds. The van der Waals surface area contributed by atoms with Gasteiger partial charge in [0.2, 0.25) is 0 Å². The number of benzene rings is 2. The van der Waals surface area contributed by atoms with Crippen molar-refractivity contribution in [2.75, 3.05) is 20.2 Å². The number of ether oxygens (including phenoxy) is 1. The Hall–Kier alpha value is -3.68. The summed E-state index contributed by atoms with van der Waals surface area (Å²) in [7, 11) is 3.17. The largest absolute Gasteiger partial charge is 0.496 e. The van der Waals surface area contributed by atoms with E-state index in [1.807, 2.05) is 0 Å². The van der Waals surface area contributed by atoms with Crippen molar-refractivity contribution in [3.05, 3.63) is 65.1 Å². The number of carboxylic acid groups (broad SMARTS) is 1. The quantitative estimate of drug-likeness (QED) is 0.455. The minimum absolute atomic E-state index is 0.0368. The van der Waals surface area contributed by atoms with E-state index >= 15 is 0 Å². The van der Waals surface area contributed by atoms with Crippen LogP contribution in [0, 0.1) is 11.7 Å². The molecule has 0 unspecified atom stereocenters. The van der Waals surface area contributed by atoms with Gasteiger partial charge >= 0.3 is 5.97 Å². The standard InChI is InChI=1S/C25H25FN2O5/c1-27-14-20(23(29)25(31)32)18-12-19(22(33-2)13-21(18)27)24(30)28-9-7-16(8-10-28)11-15-3-5-17(26)6-4-15/h3-6,12-14,16H,7-11H2,1-2H3,(H,31,32). The highest BCUT2D eigenvalue weighted by molar-refractivity contribution is 6.42. The number of likely N-dealkylation sites (tertiary alicyclic amines) is 1. The SMILES string of the molecule is COc1cc2c(cc1C(=O)N1CCC(Cc3ccc(F)cc3)CC1)c(C(=O)C(=O)O)cn2C. The van der Waals surface area contributed by atoms with Crippen LogP contribution in [0.2, 0.25) is 0 Å². The Bertz CT molecular complexity index is 1220. The number of carboxylic acids is 1. The number of piperidine rings is 1. The molecule has 1 fully saturated rings. The van der Waals surface area contributed by atoms with Gasteiger partial charge in [-0.05, 0) is 48.9 Å². The number of aryl methyl sites for hydroxylation is 1. The van der Waals surface area contributed by atoms with Crippen molar-refractivity contribution in [3.63, 3.8) is 0 Å². The maximum Gasteiger partial charge on any atom is 0.377 e. The molecule has 33 heavy (non-hydrogen) atoms. The molecule has 1 saturated heterocycles. The molecular formula is C25H25FN2O5. The Morgan fingerprint density at radius 3 is 2.36 bits per heavy atom. The predicted molar refractivity (Wildman–Crippen MR) is 120 cm³/mol. The number of carbonyl (C=O) groups excluding carboxylic acids is 2. The molecule has 0 spiro atoms. The normalized spacial score (nSPS) is 14.5. The molecule has 0 saturated carbocycles. The number of hydrogen-bond acceptors (Lipinski definition) is 4. The highest BCUT2D eigenvalue weighted by Gasteiger charge is 2.28. The second kappa shape index (κ2) is 9.05. The molecule has 0 radical (unpaired) electrons. The summed E-state index contributed by atoms with van der Waals surface area (Å²) in [6.45, 7) is 1.14. The van der Waals surface area contributed by atoms with Gasteiger partial charge in [0.1, 0.15) is 11.6 Å². The number of amides is 1. The third-order valence-corrected chi connectivity index (χ3v) is 6.32. The number of halogens is 1. The third kappa shape index (κ3) is 4.46. The number of ketones is 1. The van der Waals surface area contributed by atoms with Gasteiger partial charge in [-0.15, -0.1) is 0 Å². The summed E-state index contributed by atoms with van der Waals surface area (Å²) in [5.74, 6) is -2.27. The molecule has 0 atom stereocenters. The lowest BCUT2D eigenvalue weighted by atomic mass is 9.90. The molecule has 1 aliphatic heterocycles. The van der Waals surface area contributed by atoms with Crippen molar-refractivity contribution in [2.24, 2.45) is 13.0 Å². The van der Waals surface area contributed by atoms with Crippen molar-refractivity contribution in [2.45, 2.75) is 19.3 Å². The van der Waals surface area contributed by atoms with Crippen molar-refractivity contribution in [3.8, 4) is 5.75 Å². The maximum atomic E-state index is 13.3. The molecule has 2 heterocycles. The van der Waals surface area contributed by atoms with Crippen LogP contribution in [0.25, 0.3) is 10.9 Å². The van der Waals surface area contributed by atoms with Crippen LogP contribution in [0.3, 0.4) is 0 Å². The van der Waals surface area contributed by atoms with Crippen LogP contribution in [-0.2, 0) is 18.3 Å². The summed E-state index contributed by atoms with van der Waals surface area (Å²) in [4.78, 5) is 38.5. The summed E-state index contributed by atoms with van der Waals surface area (Å²) < 4.78 is 20.2. The van der Waals surface area contributed by atoms with Gasteiger partial charge in [-0.25, -0.2) is 9.18 Å². The average molecular weight is 452 g/mol. The second-order valence-electron chi connectivity index (χ2n) is 8.42. The van der Waals surface area contributed by atoms with Gasteiger partial charge in [0.15, 0.2) is 0 Å². The molecule has 1 aromatic heterocycles. The first-order valence-corrected chi connectivity index (χ1v) is 10.8. The Morgan fingerprint density at radius 2 is 1.76 bits per heavy atom. The fraction of sp³-hybridized carbons (Fsp3) is 0.320. The Kier molecular flexibility index (Phi) is 6.18. The number of carbonyl (C=O) groups is 3. The van der Waals surface area contributed by atoms with Crippen LogP contribution in [-0.4, -0.2) is 52.4 Å². The Balaban J connectivity index is 1.55. The van der Waals surface area contributed by atoms with Crippen LogP contribution >= 0.6 is 0 Å². The summed E-state index contributed by atoms with van der Waals surface area (Å²) in [6, 6.07) is 9.72. The first-order chi connectivity index (χ1) is 15.8. The first kappa shape index (κ1) is 22.5. The van der Waals surface area contributed by atoms with E-state index in [1.54, 1.807) is 40.8 Å². The van der Waals surface area contributed by atoms with Crippen LogP contribution in [0.1, 0.15) is 39.1 Å². The van der Waals surface area contributed by atoms with E-state index in [1.165, 1.54) is 25.4 Å². The number of aromatic nitrogens is 1. The topological polar surface area (TPSA) is 88.8 Å². The zero-order valence-corrected chi connectivity index (χ0v) is 18.5. The van der Waals surface area contributed by atoms with Crippen LogP contribution in [0.15, 0.2) is 42.6 Å². The van der Waals surface area contributed by atoms with Gasteiger partial charge in [0, 0.05) is 37.8 Å². The molecule has 0 bridgehead atoms. The van der Waals surface area contributed by atoms with E-state index in [4.69, 9.17) is 9.84 Å². The van der Waals surface area contributed by atoms with Gasteiger partial charge in [0.05, 0.1) is 23.8 Å². The molecule has 8 heteroatoms. The average Bonchev–Trinajstić information content (AvgIpc) is 3.14. The minimum atomic E-state index is -1.55. The van der Waals surface area contributed by atoms with Crippen LogP contribution in [0.4, 0.5) is 4.39 Å². The van der Waals surface area contributed by atoms with E-state index in [-0.39, 0.29) is 17.3 Å². The fourth-order valence-corrected chi connectivity index (χ4v) is 4.51. The minimum Gasteiger partial charge on any atom is -0.496 e. The summed E-state index contributed by atoms with van der Waals surface area (Å²) >= 11 is 0. The lowest BCUT2D eigenvalue weighted by Crippen LogP contribution is -2.39. The molecule has 4 rings (SSSR count). The maximum absolute atomic E-state index is 13.3. The molecule has 7 nitrogen and oxygen atoms in total. The summed E-state index contributed by atoms with van der Waals surface area (Å²) in [5, 5.41) is 9.56. The van der Waals surface area contributed by atoms with Crippen molar-refractivity contribution in [1.82, 2.24) is 9.47 Å². The summed E-state index contributed by atoms with van der Waals surface area (Å²) in [6.07, 6.45) is 3.93. The number of fused-ring (bicyclic) bond motifs is 1. The molecule has 172 valence electrons. The first-order valence-electron chi connectivity index (χ1n) is 10.8. The molecule has 1 N–H and O–H groups in total. The Morgan fingerprint density at radius 1 is 1.09 bits per heavy atom. The fourth-order valence-electron chi connectivity index (χ4n) is 4.51. The molecule has 1 aliphatic rings. The predicted octanol–water partition coefficient (Wildman–Crippen LogP) is 3.69. The van der Waals surface area contributed by atoms with E-state index in [2.05, 4.69) is 0 Å². The van der Waals surface area contributed by atoms with E-state index in [0.717, 1.165) is 24.8 Å². The smallest absolute Gasteiger partial charge is 0.377 e. The third-order valence-electron chi connectivity index (χ3n) is 6.32. The highest BCUT2D eigenvalue weighted by atomic mass is 19.1. The number of methoxy groups -OCH3 is 1. The number of Topliss-reactive ketones (excluding diaryl/α,β-unsaturated/α-hetero) is 1. The van der Waals surface area contributed by atoms with Gasteiger partial charge in [0.25, 0.3) is 11.7 Å². The van der Waals surface area contributed by atoms with Crippen LogP contribution in [0.5, 0.6) is 5.75 Å². The lowest BCUT2D eigenvalue weighted by Gasteiger charge is -2.32. The van der Waals surface area contributed by atoms with E-state index in [0.29, 0.717) is 41.2 Å². The molecule has 3 aromatic rings. The number of rotatable bonds is 6. The summed E-state index contributed by atoms with van der Waals surface area (Å²) in [5.41, 5.74) is 2.02. The molecule has 2 aromatic carbocycles. The zero-order chi connectivity index (χ0) is 23.7. The van der Waals surface area contributed by atoms with Gasteiger partial charge < -0.3 is 19.3 Å². The van der Waals surface area contributed by atoms with Crippen molar-refractivity contribution >= 4 is 28.6 Å². The zero-order valence-electron chi connectivity index (χ0n) is 18.5. The highest BCUT2D eigenvalue weighted by Crippen LogP contribution is 2.32. The molecule has 0 aliphatic carbocycles.